The maximum Gasteiger partial charge on any atom is 0.0992 e. The van der Waals surface area contributed by atoms with Gasteiger partial charge in [-0.05, 0) is 71.1 Å². The van der Waals surface area contributed by atoms with Gasteiger partial charge in [0.15, 0.2) is 0 Å². The van der Waals surface area contributed by atoms with Gasteiger partial charge in [0, 0.05) is 16.7 Å². The topological polar surface area (TPSA) is 35.8 Å². The highest BCUT2D eigenvalue weighted by Gasteiger charge is 2.53. The van der Waals surface area contributed by atoms with E-state index in [1.54, 1.807) is 0 Å². The van der Waals surface area contributed by atoms with Crippen LogP contribution >= 0.6 is 15.9 Å². The molecule has 0 bridgehead atoms. The van der Waals surface area contributed by atoms with Crippen molar-refractivity contribution in [2.75, 3.05) is 11.9 Å². The molecule has 0 amide bonds. The van der Waals surface area contributed by atoms with Crippen molar-refractivity contribution in [1.29, 1.82) is 5.26 Å². The van der Waals surface area contributed by atoms with Crippen LogP contribution in [0.2, 0.25) is 0 Å². The highest BCUT2D eigenvalue weighted by molar-refractivity contribution is 9.10. The summed E-state index contributed by atoms with van der Waals surface area (Å²) < 4.78 is 0.989. The molecule has 2 aliphatic carbocycles. The molecule has 0 atom stereocenters. The zero-order chi connectivity index (χ0) is 11.9. The lowest BCUT2D eigenvalue weighted by molar-refractivity contribution is 0.467. The Morgan fingerprint density at radius 1 is 1.41 bits per heavy atom. The highest BCUT2D eigenvalue weighted by atomic mass is 79.9. The maximum absolute atomic E-state index is 8.81. The molecule has 0 unspecified atom stereocenters. The summed E-state index contributed by atoms with van der Waals surface area (Å²) in [6, 6.07) is 7.88. The lowest BCUT2D eigenvalue weighted by Gasteiger charge is -2.16. The van der Waals surface area contributed by atoms with Crippen molar-refractivity contribution in [3.8, 4) is 6.07 Å². The lowest BCUT2D eigenvalue weighted by Crippen LogP contribution is -2.17. The van der Waals surface area contributed by atoms with Crippen molar-refractivity contribution >= 4 is 21.6 Å². The summed E-state index contributed by atoms with van der Waals surface area (Å²) in [5.74, 6) is 0.979. The third-order valence-electron chi connectivity index (χ3n) is 4.06. The molecule has 88 valence electrons. The number of halogens is 1. The van der Waals surface area contributed by atoms with E-state index >= 15 is 0 Å². The molecule has 3 rings (SSSR count). The average Bonchev–Trinajstić information content (AvgIpc) is 3.18. The molecular formula is C14H15BrN2. The van der Waals surface area contributed by atoms with Crippen LogP contribution in [0.15, 0.2) is 22.7 Å². The van der Waals surface area contributed by atoms with Crippen LogP contribution < -0.4 is 5.32 Å². The fraction of sp³-hybridized carbons (Fsp3) is 0.500. The molecular weight excluding hydrogens is 276 g/mol. The summed E-state index contributed by atoms with van der Waals surface area (Å²) in [4.78, 5) is 0. The smallest absolute Gasteiger partial charge is 0.0992 e. The fourth-order valence-corrected chi connectivity index (χ4v) is 3.10. The molecule has 1 aromatic rings. The highest BCUT2D eigenvalue weighted by Crippen LogP contribution is 2.61. The molecule has 2 fully saturated rings. The molecule has 2 saturated carbocycles. The molecule has 0 saturated heterocycles. The van der Waals surface area contributed by atoms with E-state index in [0.717, 1.165) is 22.6 Å². The van der Waals surface area contributed by atoms with E-state index in [2.05, 4.69) is 27.3 Å². The summed E-state index contributed by atoms with van der Waals surface area (Å²) in [5, 5.41) is 12.3. The van der Waals surface area contributed by atoms with Crippen LogP contribution in [0.3, 0.4) is 0 Å². The second kappa shape index (κ2) is 4.03. The Labute approximate surface area is 110 Å². The first-order valence-electron chi connectivity index (χ1n) is 6.17. The molecule has 1 aromatic carbocycles. The minimum Gasteiger partial charge on any atom is -0.384 e. The van der Waals surface area contributed by atoms with Gasteiger partial charge < -0.3 is 5.32 Å². The number of anilines is 1. The van der Waals surface area contributed by atoms with Gasteiger partial charge in [-0.15, -0.1) is 0 Å². The van der Waals surface area contributed by atoms with Crippen molar-refractivity contribution in [3.63, 3.8) is 0 Å². The third-order valence-corrected chi connectivity index (χ3v) is 4.72. The third kappa shape index (κ3) is 2.19. The van der Waals surface area contributed by atoms with Gasteiger partial charge in [-0.2, -0.15) is 5.26 Å². The Morgan fingerprint density at radius 3 is 2.71 bits per heavy atom. The van der Waals surface area contributed by atoms with Crippen LogP contribution in [-0.4, -0.2) is 6.54 Å². The summed E-state index contributed by atoms with van der Waals surface area (Å²) in [5.41, 5.74) is 2.41. The summed E-state index contributed by atoms with van der Waals surface area (Å²) in [6.45, 7) is 1.09. The molecule has 0 spiro atoms. The van der Waals surface area contributed by atoms with Gasteiger partial charge in [0.25, 0.3) is 0 Å². The van der Waals surface area contributed by atoms with Crippen molar-refractivity contribution in [3.05, 3.63) is 28.2 Å². The molecule has 2 aliphatic rings. The number of hydrogen-bond acceptors (Lipinski definition) is 2. The quantitative estimate of drug-likeness (QED) is 0.912. The Morgan fingerprint density at radius 2 is 2.18 bits per heavy atom. The van der Waals surface area contributed by atoms with Gasteiger partial charge >= 0.3 is 0 Å². The van der Waals surface area contributed by atoms with Gasteiger partial charge in [0.2, 0.25) is 0 Å². The zero-order valence-electron chi connectivity index (χ0n) is 9.67. The first kappa shape index (κ1) is 11.1. The van der Waals surface area contributed by atoms with E-state index in [0.29, 0.717) is 11.0 Å². The summed E-state index contributed by atoms with van der Waals surface area (Å²) >= 11 is 3.52. The standard InChI is InChI=1S/C14H15BrN2/c15-12-7-10(8-16)1-4-13(12)17-9-14(5-6-14)11-2-3-11/h1,4,7,11,17H,2-3,5-6,9H2. The molecule has 3 heteroatoms. The van der Waals surface area contributed by atoms with Gasteiger partial charge in [-0.3, -0.25) is 0 Å². The minimum absolute atomic E-state index is 0.605. The molecule has 0 aromatic heterocycles. The van der Waals surface area contributed by atoms with Gasteiger partial charge in [0.05, 0.1) is 11.6 Å². The zero-order valence-corrected chi connectivity index (χ0v) is 11.3. The Kier molecular flexibility index (Phi) is 2.63. The van der Waals surface area contributed by atoms with Crippen molar-refractivity contribution in [2.24, 2.45) is 11.3 Å². The predicted molar refractivity (Wildman–Crippen MR) is 71.7 cm³/mol. The maximum atomic E-state index is 8.81. The van der Waals surface area contributed by atoms with Crippen LogP contribution in [0.1, 0.15) is 31.2 Å². The Hall–Kier alpha value is -1.01. The van der Waals surface area contributed by atoms with E-state index in [-0.39, 0.29) is 0 Å². The molecule has 17 heavy (non-hydrogen) atoms. The number of nitriles is 1. The monoisotopic (exact) mass is 290 g/mol. The Balaban J connectivity index is 1.67. The number of rotatable bonds is 4. The van der Waals surface area contributed by atoms with E-state index in [1.165, 1.54) is 25.7 Å². The van der Waals surface area contributed by atoms with Crippen LogP contribution in [0.5, 0.6) is 0 Å². The van der Waals surface area contributed by atoms with Gasteiger partial charge in [0.1, 0.15) is 0 Å². The Bertz CT molecular complexity index is 481. The lowest BCUT2D eigenvalue weighted by atomic mass is 10.0. The van der Waals surface area contributed by atoms with Crippen molar-refractivity contribution in [1.82, 2.24) is 0 Å². The van der Waals surface area contributed by atoms with Gasteiger partial charge in [-0.1, -0.05) is 0 Å². The van der Waals surface area contributed by atoms with Crippen LogP contribution in [0.4, 0.5) is 5.69 Å². The van der Waals surface area contributed by atoms with E-state index in [1.807, 2.05) is 18.2 Å². The molecule has 1 N–H and O–H groups in total. The average molecular weight is 291 g/mol. The first-order valence-corrected chi connectivity index (χ1v) is 6.96. The van der Waals surface area contributed by atoms with Crippen molar-refractivity contribution < 1.29 is 0 Å². The molecule has 0 heterocycles. The van der Waals surface area contributed by atoms with E-state index in [9.17, 15) is 0 Å². The number of nitrogens with zero attached hydrogens (tertiary/aromatic N) is 1. The molecule has 0 aliphatic heterocycles. The molecule has 0 radical (unpaired) electrons. The van der Waals surface area contributed by atoms with E-state index in [4.69, 9.17) is 5.26 Å². The van der Waals surface area contributed by atoms with Crippen LogP contribution in [-0.2, 0) is 0 Å². The molecule has 2 nitrogen and oxygen atoms in total. The SMILES string of the molecule is N#Cc1ccc(NCC2(C3CC3)CC2)c(Br)c1. The van der Waals surface area contributed by atoms with Crippen molar-refractivity contribution in [2.45, 2.75) is 25.7 Å². The largest absolute Gasteiger partial charge is 0.384 e. The minimum atomic E-state index is 0.605. The normalized spacial score (nSPS) is 20.7. The van der Waals surface area contributed by atoms with Gasteiger partial charge in [-0.25, -0.2) is 0 Å². The fourth-order valence-electron chi connectivity index (χ4n) is 2.58. The predicted octanol–water partition coefficient (Wildman–Crippen LogP) is 3.92. The number of nitrogens with one attached hydrogen (secondary N) is 1. The summed E-state index contributed by atoms with van der Waals surface area (Å²) in [6.07, 6.45) is 5.63. The first-order chi connectivity index (χ1) is 8.23. The second-order valence-electron chi connectivity index (χ2n) is 5.30. The second-order valence-corrected chi connectivity index (χ2v) is 6.15. The van der Waals surface area contributed by atoms with Crippen LogP contribution in [0.25, 0.3) is 0 Å². The van der Waals surface area contributed by atoms with Crippen LogP contribution in [0, 0.1) is 22.7 Å². The van der Waals surface area contributed by atoms with E-state index < -0.39 is 0 Å². The number of hydrogen-bond donors (Lipinski definition) is 1. The summed E-state index contributed by atoms with van der Waals surface area (Å²) in [7, 11) is 0. The number of benzene rings is 1.